The molecule has 1 aliphatic heterocycles. The first-order valence-electron chi connectivity index (χ1n) is 8.12. The molecule has 2 amide bonds. The van der Waals surface area contributed by atoms with Gasteiger partial charge >= 0.3 is 5.97 Å². The molecule has 1 aliphatic rings. The summed E-state index contributed by atoms with van der Waals surface area (Å²) in [5.41, 5.74) is 0.516. The van der Waals surface area contributed by atoms with Crippen LogP contribution < -0.4 is 15.0 Å². The zero-order chi connectivity index (χ0) is 19.6. The van der Waals surface area contributed by atoms with Crippen molar-refractivity contribution in [1.29, 1.82) is 0 Å². The van der Waals surface area contributed by atoms with E-state index in [4.69, 9.17) is 25.9 Å². The number of hydrogen-bond donors (Lipinski definition) is 2. The second-order valence-corrected chi connectivity index (χ2v) is 6.45. The van der Waals surface area contributed by atoms with E-state index in [0.717, 1.165) is 0 Å². The Kier molecular flexibility index (Phi) is 5.36. The van der Waals surface area contributed by atoms with Crippen LogP contribution in [0.2, 0.25) is 5.02 Å². The minimum Gasteiger partial charge on any atom is -0.495 e. The minimum atomic E-state index is -1.18. The van der Waals surface area contributed by atoms with Gasteiger partial charge in [0.15, 0.2) is 0 Å². The molecule has 1 saturated heterocycles. The Morgan fingerprint density at radius 2 is 2.15 bits per heavy atom. The van der Waals surface area contributed by atoms with Crippen LogP contribution in [0.5, 0.6) is 5.75 Å². The van der Waals surface area contributed by atoms with Gasteiger partial charge in [0.25, 0.3) is 0 Å². The van der Waals surface area contributed by atoms with E-state index >= 15 is 0 Å². The summed E-state index contributed by atoms with van der Waals surface area (Å²) >= 11 is 6.02. The minimum absolute atomic E-state index is 0.0390. The van der Waals surface area contributed by atoms with Gasteiger partial charge in [-0.05, 0) is 30.3 Å². The third kappa shape index (κ3) is 4.06. The lowest BCUT2D eigenvalue weighted by Gasteiger charge is -2.19. The molecule has 27 heavy (non-hydrogen) atoms. The maximum atomic E-state index is 12.4. The van der Waals surface area contributed by atoms with Crippen LogP contribution in [0.4, 0.5) is 5.69 Å². The summed E-state index contributed by atoms with van der Waals surface area (Å²) in [7, 11) is 1.49. The van der Waals surface area contributed by atoms with Crippen molar-refractivity contribution in [2.75, 3.05) is 18.6 Å². The Labute approximate surface area is 159 Å². The molecule has 8 nitrogen and oxygen atoms in total. The highest BCUT2D eigenvalue weighted by Crippen LogP contribution is 2.35. The van der Waals surface area contributed by atoms with E-state index in [2.05, 4.69) is 5.32 Å². The largest absolute Gasteiger partial charge is 0.495 e. The number of aromatic carboxylic acids is 1. The molecule has 1 aromatic carbocycles. The SMILES string of the molecule is COc1ccc(Cl)cc1N1CC(C(=O)NCc2ccc(C(=O)O)o2)CC1=O. The highest BCUT2D eigenvalue weighted by molar-refractivity contribution is 6.31. The van der Waals surface area contributed by atoms with Gasteiger partial charge in [0.2, 0.25) is 17.6 Å². The lowest BCUT2D eigenvalue weighted by atomic mass is 10.1. The van der Waals surface area contributed by atoms with Gasteiger partial charge in [-0.1, -0.05) is 11.6 Å². The highest BCUT2D eigenvalue weighted by atomic mass is 35.5. The van der Waals surface area contributed by atoms with Gasteiger partial charge < -0.3 is 24.5 Å². The number of rotatable bonds is 6. The molecule has 0 aliphatic carbocycles. The Morgan fingerprint density at radius 1 is 1.37 bits per heavy atom. The number of amides is 2. The van der Waals surface area contributed by atoms with Crippen molar-refractivity contribution in [2.24, 2.45) is 5.92 Å². The van der Waals surface area contributed by atoms with Crippen molar-refractivity contribution in [3.63, 3.8) is 0 Å². The number of carbonyl (C=O) groups excluding carboxylic acids is 2. The Bertz CT molecular complexity index is 894. The summed E-state index contributed by atoms with van der Waals surface area (Å²) in [5, 5.41) is 12.0. The number of nitrogens with one attached hydrogen (secondary N) is 1. The third-order valence-corrected chi connectivity index (χ3v) is 4.47. The summed E-state index contributed by atoms with van der Waals surface area (Å²) < 4.78 is 10.4. The van der Waals surface area contributed by atoms with Gasteiger partial charge in [-0.25, -0.2) is 4.79 Å². The lowest BCUT2D eigenvalue weighted by molar-refractivity contribution is -0.126. The first-order chi connectivity index (χ1) is 12.9. The maximum absolute atomic E-state index is 12.4. The second-order valence-electron chi connectivity index (χ2n) is 6.01. The predicted molar refractivity (Wildman–Crippen MR) is 96.0 cm³/mol. The van der Waals surface area contributed by atoms with Crippen LogP contribution in [-0.4, -0.2) is 36.5 Å². The van der Waals surface area contributed by atoms with E-state index < -0.39 is 11.9 Å². The van der Waals surface area contributed by atoms with Gasteiger partial charge in [-0.15, -0.1) is 0 Å². The molecule has 0 saturated carbocycles. The molecule has 0 spiro atoms. The van der Waals surface area contributed by atoms with E-state index in [1.54, 1.807) is 18.2 Å². The Hall–Kier alpha value is -3.00. The molecule has 0 bridgehead atoms. The van der Waals surface area contributed by atoms with Gasteiger partial charge in [-0.3, -0.25) is 9.59 Å². The summed E-state index contributed by atoms with van der Waals surface area (Å²) in [5.74, 6) is -1.64. The topological polar surface area (TPSA) is 109 Å². The van der Waals surface area contributed by atoms with E-state index in [1.165, 1.54) is 24.1 Å². The van der Waals surface area contributed by atoms with Crippen molar-refractivity contribution in [1.82, 2.24) is 5.32 Å². The fourth-order valence-electron chi connectivity index (χ4n) is 2.90. The molecule has 9 heteroatoms. The third-order valence-electron chi connectivity index (χ3n) is 4.24. The number of anilines is 1. The van der Waals surface area contributed by atoms with Crippen molar-refractivity contribution < 1.29 is 28.6 Å². The van der Waals surface area contributed by atoms with Gasteiger partial charge in [0.05, 0.1) is 25.3 Å². The summed E-state index contributed by atoms with van der Waals surface area (Å²) in [6, 6.07) is 7.73. The number of hydrogen-bond acceptors (Lipinski definition) is 5. The zero-order valence-corrected chi connectivity index (χ0v) is 15.2. The van der Waals surface area contributed by atoms with Crippen LogP contribution in [-0.2, 0) is 16.1 Å². The molecule has 0 radical (unpaired) electrons. The van der Waals surface area contributed by atoms with Crippen LogP contribution in [0.25, 0.3) is 0 Å². The molecule has 142 valence electrons. The first-order valence-corrected chi connectivity index (χ1v) is 8.50. The fraction of sp³-hybridized carbons (Fsp3) is 0.278. The molecule has 3 rings (SSSR count). The van der Waals surface area contributed by atoms with Crippen molar-refractivity contribution in [3.8, 4) is 5.75 Å². The number of carbonyl (C=O) groups is 3. The van der Waals surface area contributed by atoms with E-state index in [0.29, 0.717) is 22.2 Å². The molecule has 2 aromatic rings. The highest BCUT2D eigenvalue weighted by Gasteiger charge is 2.36. The van der Waals surface area contributed by atoms with Crippen LogP contribution in [0.1, 0.15) is 22.7 Å². The fourth-order valence-corrected chi connectivity index (χ4v) is 3.06. The summed E-state index contributed by atoms with van der Waals surface area (Å²) in [6.45, 7) is 0.233. The number of ether oxygens (including phenoxy) is 1. The number of carboxylic acids is 1. The van der Waals surface area contributed by atoms with Gasteiger partial charge in [0.1, 0.15) is 11.5 Å². The number of methoxy groups -OCH3 is 1. The van der Waals surface area contributed by atoms with Crippen molar-refractivity contribution in [3.05, 3.63) is 46.9 Å². The number of furan rings is 1. The molecule has 1 fully saturated rings. The second kappa shape index (κ2) is 7.71. The molecule has 1 atom stereocenters. The van der Waals surface area contributed by atoms with Crippen molar-refractivity contribution >= 4 is 35.1 Å². The maximum Gasteiger partial charge on any atom is 0.371 e. The molecular weight excluding hydrogens is 376 g/mol. The van der Waals surface area contributed by atoms with Gasteiger partial charge in [-0.2, -0.15) is 0 Å². The Balaban J connectivity index is 1.65. The van der Waals surface area contributed by atoms with Crippen LogP contribution >= 0.6 is 11.6 Å². The molecule has 1 aromatic heterocycles. The lowest BCUT2D eigenvalue weighted by Crippen LogP contribution is -2.32. The standard InChI is InChI=1S/C18H17ClN2O6/c1-26-14-4-2-11(19)7-13(14)21-9-10(6-16(21)22)17(23)20-8-12-3-5-15(27-12)18(24)25/h2-5,7,10H,6,8-9H2,1H3,(H,20,23)(H,24,25). The number of nitrogens with zero attached hydrogens (tertiary/aromatic N) is 1. The summed E-state index contributed by atoms with van der Waals surface area (Å²) in [6.07, 6.45) is 0.0556. The van der Waals surface area contributed by atoms with Crippen LogP contribution in [0, 0.1) is 5.92 Å². The van der Waals surface area contributed by atoms with Gasteiger partial charge in [0, 0.05) is 18.0 Å². The summed E-state index contributed by atoms with van der Waals surface area (Å²) in [4.78, 5) is 37.1. The van der Waals surface area contributed by atoms with E-state index in [-0.39, 0.29) is 37.1 Å². The molecule has 1 unspecified atom stereocenters. The Morgan fingerprint density at radius 3 is 2.81 bits per heavy atom. The first kappa shape index (κ1) is 18.8. The quantitative estimate of drug-likeness (QED) is 0.780. The van der Waals surface area contributed by atoms with E-state index in [9.17, 15) is 14.4 Å². The molecular formula is C18H17ClN2O6. The average molecular weight is 393 g/mol. The number of benzene rings is 1. The van der Waals surface area contributed by atoms with Crippen LogP contribution in [0.3, 0.4) is 0 Å². The number of carboxylic acid groups (broad SMARTS) is 1. The average Bonchev–Trinajstić information content (AvgIpc) is 3.26. The number of halogens is 1. The molecule has 2 heterocycles. The van der Waals surface area contributed by atoms with Crippen molar-refractivity contribution in [2.45, 2.75) is 13.0 Å². The smallest absolute Gasteiger partial charge is 0.371 e. The molecule has 2 N–H and O–H groups in total. The normalized spacial score (nSPS) is 16.4. The predicted octanol–water partition coefficient (Wildman–Crippen LogP) is 2.31. The zero-order valence-electron chi connectivity index (χ0n) is 14.4. The van der Waals surface area contributed by atoms with E-state index in [1.807, 2.05) is 0 Å². The monoisotopic (exact) mass is 392 g/mol. The van der Waals surface area contributed by atoms with Crippen LogP contribution in [0.15, 0.2) is 34.7 Å².